The number of nitrogens with zero attached hydrogens (tertiary/aromatic N) is 2. The normalized spacial score (nSPS) is 14.6. The van der Waals surface area contributed by atoms with Gasteiger partial charge in [-0.3, -0.25) is 0 Å². The van der Waals surface area contributed by atoms with Crippen LogP contribution in [0.1, 0.15) is 44.0 Å². The highest BCUT2D eigenvalue weighted by molar-refractivity contribution is 5.78. The van der Waals surface area contributed by atoms with Crippen molar-refractivity contribution in [3.05, 3.63) is 59.0 Å². The zero-order chi connectivity index (χ0) is 23.9. The van der Waals surface area contributed by atoms with Crippen LogP contribution in [0.2, 0.25) is 0 Å². The predicted octanol–water partition coefficient (Wildman–Crippen LogP) is 5.67. The van der Waals surface area contributed by atoms with Crippen molar-refractivity contribution >= 4 is 16.9 Å². The third-order valence-electron chi connectivity index (χ3n) is 6.06. The summed E-state index contributed by atoms with van der Waals surface area (Å²) in [6.45, 7) is 7.60. The number of rotatable bonds is 7. The molecule has 2 N–H and O–H groups in total. The number of halogens is 4. The van der Waals surface area contributed by atoms with Crippen molar-refractivity contribution in [1.82, 2.24) is 9.97 Å². The van der Waals surface area contributed by atoms with E-state index in [-0.39, 0.29) is 5.69 Å². The summed E-state index contributed by atoms with van der Waals surface area (Å²) in [5, 5.41) is 10.9. The van der Waals surface area contributed by atoms with Gasteiger partial charge in [-0.2, -0.15) is 13.2 Å². The average Bonchev–Trinajstić information content (AvgIpc) is 3.08. The van der Waals surface area contributed by atoms with Crippen molar-refractivity contribution < 1.29 is 22.7 Å². The van der Waals surface area contributed by atoms with Gasteiger partial charge in [-0.05, 0) is 67.1 Å². The molecule has 0 aliphatic heterocycles. The van der Waals surface area contributed by atoms with Crippen LogP contribution < -0.4 is 4.90 Å². The fourth-order valence-corrected chi connectivity index (χ4v) is 4.25. The SMILES string of the molecule is CCN(C)c1ccc2[nH]c(CC(O)(CC(C)(C)c3cc(F)ccc3C)C(F)(F)F)cc2n1. The van der Waals surface area contributed by atoms with Crippen LogP contribution in [0.5, 0.6) is 0 Å². The number of hydrogen-bond acceptors (Lipinski definition) is 3. The molecule has 3 aromatic rings. The molecule has 1 atom stereocenters. The lowest BCUT2D eigenvalue weighted by Crippen LogP contribution is -2.51. The Labute approximate surface area is 185 Å². The van der Waals surface area contributed by atoms with Crippen molar-refractivity contribution in [2.75, 3.05) is 18.5 Å². The highest BCUT2D eigenvalue weighted by Crippen LogP contribution is 2.44. The van der Waals surface area contributed by atoms with Crippen molar-refractivity contribution in [3.8, 4) is 0 Å². The molecular weight excluding hydrogens is 422 g/mol. The number of pyridine rings is 1. The number of fused-ring (bicyclic) bond motifs is 1. The van der Waals surface area contributed by atoms with E-state index in [2.05, 4.69) is 9.97 Å². The molecule has 32 heavy (non-hydrogen) atoms. The minimum Gasteiger partial charge on any atom is -0.380 e. The van der Waals surface area contributed by atoms with E-state index in [9.17, 15) is 22.7 Å². The number of alkyl halides is 3. The second-order valence-electron chi connectivity index (χ2n) is 9.14. The second kappa shape index (κ2) is 8.39. The van der Waals surface area contributed by atoms with Crippen molar-refractivity contribution in [1.29, 1.82) is 0 Å². The minimum absolute atomic E-state index is 0.232. The summed E-state index contributed by atoms with van der Waals surface area (Å²) < 4.78 is 56.2. The molecule has 3 rings (SSSR count). The van der Waals surface area contributed by atoms with Crippen LogP contribution in [0.3, 0.4) is 0 Å². The first-order valence-corrected chi connectivity index (χ1v) is 10.5. The topological polar surface area (TPSA) is 52.2 Å². The first kappa shape index (κ1) is 24.0. The van der Waals surface area contributed by atoms with Gasteiger partial charge in [-0.15, -0.1) is 0 Å². The number of aromatic amines is 1. The van der Waals surface area contributed by atoms with Crippen LogP contribution in [0.25, 0.3) is 11.0 Å². The van der Waals surface area contributed by atoms with Crippen LogP contribution in [0.15, 0.2) is 36.4 Å². The maximum absolute atomic E-state index is 14.1. The Morgan fingerprint density at radius 1 is 1.09 bits per heavy atom. The van der Waals surface area contributed by atoms with Gasteiger partial charge >= 0.3 is 6.18 Å². The van der Waals surface area contributed by atoms with Gasteiger partial charge in [0.15, 0.2) is 5.60 Å². The molecule has 0 saturated carbocycles. The molecule has 0 saturated heterocycles. The molecule has 0 amide bonds. The Hall–Kier alpha value is -2.61. The van der Waals surface area contributed by atoms with Gasteiger partial charge in [0.1, 0.15) is 11.6 Å². The van der Waals surface area contributed by atoms with Gasteiger partial charge in [-0.25, -0.2) is 9.37 Å². The van der Waals surface area contributed by atoms with Crippen LogP contribution in [0.4, 0.5) is 23.4 Å². The van der Waals surface area contributed by atoms with Crippen molar-refractivity contribution in [3.63, 3.8) is 0 Å². The Morgan fingerprint density at radius 3 is 2.41 bits per heavy atom. The number of aromatic nitrogens is 2. The van der Waals surface area contributed by atoms with E-state index in [1.165, 1.54) is 18.2 Å². The summed E-state index contributed by atoms with van der Waals surface area (Å²) in [7, 11) is 1.88. The number of anilines is 1. The standard InChI is InChI=1S/C24H29F4N3O/c1-6-31(5)21-10-9-19-20(30-21)12-17(29-19)13-23(32,24(26,27)28)14-22(3,4)18-11-16(25)8-7-15(18)2/h7-12,29,32H,6,13-14H2,1-5H3. The molecule has 0 bridgehead atoms. The largest absolute Gasteiger partial charge is 0.417 e. The Kier molecular flexibility index (Phi) is 6.30. The first-order valence-electron chi connectivity index (χ1n) is 10.5. The summed E-state index contributed by atoms with van der Waals surface area (Å²) in [5.74, 6) is 0.183. The van der Waals surface area contributed by atoms with E-state index in [0.717, 1.165) is 6.54 Å². The van der Waals surface area contributed by atoms with Crippen molar-refractivity contribution in [2.24, 2.45) is 0 Å². The molecule has 0 radical (unpaired) electrons. The third-order valence-corrected chi connectivity index (χ3v) is 6.06. The zero-order valence-electron chi connectivity index (χ0n) is 18.9. The van der Waals surface area contributed by atoms with Gasteiger partial charge in [0.05, 0.1) is 11.0 Å². The lowest BCUT2D eigenvalue weighted by atomic mass is 9.72. The van der Waals surface area contributed by atoms with E-state index in [1.54, 1.807) is 39.0 Å². The lowest BCUT2D eigenvalue weighted by molar-refractivity contribution is -0.266. The van der Waals surface area contributed by atoms with Gasteiger partial charge in [-0.1, -0.05) is 19.9 Å². The maximum Gasteiger partial charge on any atom is 0.417 e. The van der Waals surface area contributed by atoms with E-state index in [4.69, 9.17) is 0 Å². The third kappa shape index (κ3) is 4.75. The Balaban J connectivity index is 1.96. The summed E-state index contributed by atoms with van der Waals surface area (Å²) in [6.07, 6.45) is -6.17. The molecule has 174 valence electrons. The zero-order valence-corrected chi connectivity index (χ0v) is 18.9. The fraction of sp³-hybridized carbons (Fsp3) is 0.458. The van der Waals surface area contributed by atoms with E-state index >= 15 is 0 Å². The number of H-pyrrole nitrogens is 1. The van der Waals surface area contributed by atoms with Crippen molar-refractivity contribution in [2.45, 2.75) is 57.7 Å². The summed E-state index contributed by atoms with van der Waals surface area (Å²) in [6, 6.07) is 9.14. The quantitative estimate of drug-likeness (QED) is 0.455. The van der Waals surface area contributed by atoms with E-state index < -0.39 is 35.9 Å². The van der Waals surface area contributed by atoms with Gasteiger partial charge in [0.2, 0.25) is 0 Å². The predicted molar refractivity (Wildman–Crippen MR) is 119 cm³/mol. The molecule has 1 unspecified atom stereocenters. The number of aryl methyl sites for hydroxylation is 1. The molecule has 2 heterocycles. The summed E-state index contributed by atoms with van der Waals surface area (Å²) >= 11 is 0. The molecule has 0 aliphatic rings. The van der Waals surface area contributed by atoms with Gasteiger partial charge in [0, 0.05) is 25.7 Å². The maximum atomic E-state index is 14.1. The van der Waals surface area contributed by atoms with Gasteiger partial charge < -0.3 is 15.0 Å². The first-order chi connectivity index (χ1) is 14.8. The lowest BCUT2D eigenvalue weighted by Gasteiger charge is -2.38. The van der Waals surface area contributed by atoms with Gasteiger partial charge in [0.25, 0.3) is 0 Å². The molecule has 1 aromatic carbocycles. The Bertz CT molecular complexity index is 1110. The summed E-state index contributed by atoms with van der Waals surface area (Å²) in [5.41, 5.74) is -1.68. The number of nitrogens with one attached hydrogen (secondary N) is 1. The monoisotopic (exact) mass is 451 g/mol. The molecule has 0 spiro atoms. The molecular formula is C24H29F4N3O. The average molecular weight is 452 g/mol. The molecule has 0 fully saturated rings. The highest BCUT2D eigenvalue weighted by Gasteiger charge is 2.56. The molecule has 2 aromatic heterocycles. The Morgan fingerprint density at radius 2 is 1.78 bits per heavy atom. The van der Waals surface area contributed by atoms with Crippen LogP contribution >= 0.6 is 0 Å². The smallest absolute Gasteiger partial charge is 0.380 e. The van der Waals surface area contributed by atoms with E-state index in [0.29, 0.717) is 28.0 Å². The summed E-state index contributed by atoms with van der Waals surface area (Å²) in [4.78, 5) is 9.36. The second-order valence-corrected chi connectivity index (χ2v) is 9.14. The minimum atomic E-state index is -4.89. The van der Waals surface area contributed by atoms with E-state index in [1.807, 2.05) is 18.9 Å². The van der Waals surface area contributed by atoms with Crippen LogP contribution in [-0.2, 0) is 11.8 Å². The number of aliphatic hydroxyl groups is 1. The molecule has 4 nitrogen and oxygen atoms in total. The number of benzene rings is 1. The number of hydrogen-bond donors (Lipinski definition) is 2. The molecule has 8 heteroatoms. The van der Waals surface area contributed by atoms with Crippen LogP contribution in [0, 0.1) is 12.7 Å². The highest BCUT2D eigenvalue weighted by atomic mass is 19.4. The van der Waals surface area contributed by atoms with Crippen LogP contribution in [-0.4, -0.2) is 40.4 Å². The fourth-order valence-electron chi connectivity index (χ4n) is 4.25. The molecule has 0 aliphatic carbocycles.